The molecule has 0 aliphatic heterocycles. The molecule has 0 aromatic heterocycles. The Morgan fingerprint density at radius 1 is 1.14 bits per heavy atom. The minimum atomic E-state index is -3.70. The molecule has 1 saturated carbocycles. The van der Waals surface area contributed by atoms with E-state index in [1.54, 1.807) is 7.05 Å². The van der Waals surface area contributed by atoms with Gasteiger partial charge in [0.2, 0.25) is 10.0 Å². The van der Waals surface area contributed by atoms with E-state index in [1.807, 2.05) is 0 Å². The van der Waals surface area contributed by atoms with E-state index >= 15 is 0 Å². The van der Waals surface area contributed by atoms with Crippen molar-refractivity contribution in [2.24, 2.45) is 0 Å². The SMILES string of the molecule is CN(C1CCCCC1)S(=O)(=O)c1cccc(C(=O)Nc2ccc(F)cc2Cl)c1. The summed E-state index contributed by atoms with van der Waals surface area (Å²) in [6.45, 7) is 0. The summed E-state index contributed by atoms with van der Waals surface area (Å²) in [6, 6.07) is 9.49. The van der Waals surface area contributed by atoms with Gasteiger partial charge in [0.15, 0.2) is 0 Å². The Bertz CT molecular complexity index is 975. The maximum Gasteiger partial charge on any atom is 0.255 e. The van der Waals surface area contributed by atoms with E-state index in [1.165, 1.54) is 40.7 Å². The molecule has 0 saturated heterocycles. The highest BCUT2D eigenvalue weighted by atomic mass is 35.5. The summed E-state index contributed by atoms with van der Waals surface area (Å²) in [7, 11) is -2.11. The molecule has 28 heavy (non-hydrogen) atoms. The number of rotatable bonds is 5. The number of carbonyl (C=O) groups is 1. The average Bonchev–Trinajstić information content (AvgIpc) is 2.70. The van der Waals surface area contributed by atoms with Gasteiger partial charge in [0, 0.05) is 18.7 Å². The number of nitrogens with zero attached hydrogens (tertiary/aromatic N) is 1. The lowest BCUT2D eigenvalue weighted by molar-refractivity contribution is 0.102. The van der Waals surface area contributed by atoms with Gasteiger partial charge in [-0.05, 0) is 49.2 Å². The van der Waals surface area contributed by atoms with Crippen LogP contribution in [0.2, 0.25) is 5.02 Å². The molecule has 1 fully saturated rings. The van der Waals surface area contributed by atoms with Gasteiger partial charge in [-0.15, -0.1) is 0 Å². The monoisotopic (exact) mass is 424 g/mol. The number of hydrogen-bond donors (Lipinski definition) is 1. The van der Waals surface area contributed by atoms with E-state index in [-0.39, 0.29) is 27.2 Å². The Labute approximate surface area is 169 Å². The molecule has 1 aliphatic carbocycles. The molecule has 0 bridgehead atoms. The van der Waals surface area contributed by atoms with Crippen LogP contribution in [0.4, 0.5) is 10.1 Å². The van der Waals surface area contributed by atoms with Crippen LogP contribution in [0, 0.1) is 5.82 Å². The van der Waals surface area contributed by atoms with Crippen molar-refractivity contribution >= 4 is 33.2 Å². The number of sulfonamides is 1. The van der Waals surface area contributed by atoms with Crippen LogP contribution < -0.4 is 5.32 Å². The number of anilines is 1. The van der Waals surface area contributed by atoms with Gasteiger partial charge in [0.25, 0.3) is 5.91 Å². The van der Waals surface area contributed by atoms with Gasteiger partial charge in [-0.25, -0.2) is 12.8 Å². The third-order valence-electron chi connectivity index (χ3n) is 5.04. The van der Waals surface area contributed by atoms with Crippen LogP contribution in [0.1, 0.15) is 42.5 Å². The lowest BCUT2D eigenvalue weighted by atomic mass is 9.96. The van der Waals surface area contributed by atoms with Gasteiger partial charge in [-0.1, -0.05) is 36.9 Å². The van der Waals surface area contributed by atoms with Gasteiger partial charge in [-0.3, -0.25) is 4.79 Å². The smallest absolute Gasteiger partial charge is 0.255 e. The predicted molar refractivity (Wildman–Crippen MR) is 108 cm³/mol. The summed E-state index contributed by atoms with van der Waals surface area (Å²) in [5, 5.41) is 2.64. The van der Waals surface area contributed by atoms with E-state index in [2.05, 4.69) is 5.32 Å². The van der Waals surface area contributed by atoms with Crippen molar-refractivity contribution in [3.63, 3.8) is 0 Å². The average molecular weight is 425 g/mol. The summed E-state index contributed by atoms with van der Waals surface area (Å²) < 4.78 is 40.5. The van der Waals surface area contributed by atoms with Crippen molar-refractivity contribution in [2.45, 2.75) is 43.0 Å². The van der Waals surface area contributed by atoms with Crippen LogP contribution in [0.15, 0.2) is 47.4 Å². The largest absolute Gasteiger partial charge is 0.321 e. The first kappa shape index (κ1) is 20.8. The molecule has 150 valence electrons. The van der Waals surface area contributed by atoms with Crippen LogP contribution in [-0.2, 0) is 10.0 Å². The maximum atomic E-state index is 13.2. The topological polar surface area (TPSA) is 66.5 Å². The van der Waals surface area contributed by atoms with E-state index in [0.29, 0.717) is 0 Å². The highest BCUT2D eigenvalue weighted by molar-refractivity contribution is 7.89. The number of amides is 1. The van der Waals surface area contributed by atoms with E-state index in [0.717, 1.165) is 38.2 Å². The third kappa shape index (κ3) is 4.54. The van der Waals surface area contributed by atoms with Crippen LogP contribution in [0.5, 0.6) is 0 Å². The van der Waals surface area contributed by atoms with Crippen molar-refractivity contribution < 1.29 is 17.6 Å². The zero-order valence-electron chi connectivity index (χ0n) is 15.5. The quantitative estimate of drug-likeness (QED) is 0.757. The molecule has 1 aliphatic rings. The highest BCUT2D eigenvalue weighted by Gasteiger charge is 2.29. The number of halogens is 2. The molecule has 0 spiro atoms. The van der Waals surface area contributed by atoms with Gasteiger partial charge in [-0.2, -0.15) is 4.31 Å². The molecular weight excluding hydrogens is 403 g/mol. The summed E-state index contributed by atoms with van der Waals surface area (Å²) in [5.74, 6) is -1.03. The minimum absolute atomic E-state index is 0.0192. The second-order valence-electron chi connectivity index (χ2n) is 6.92. The third-order valence-corrected chi connectivity index (χ3v) is 7.26. The van der Waals surface area contributed by atoms with Gasteiger partial charge >= 0.3 is 0 Å². The minimum Gasteiger partial charge on any atom is -0.321 e. The van der Waals surface area contributed by atoms with Crippen LogP contribution in [-0.4, -0.2) is 31.7 Å². The van der Waals surface area contributed by atoms with Crippen molar-refractivity contribution in [3.05, 3.63) is 58.9 Å². The molecule has 0 heterocycles. The summed E-state index contributed by atoms with van der Waals surface area (Å²) in [4.78, 5) is 12.6. The zero-order valence-corrected chi connectivity index (χ0v) is 17.1. The molecule has 5 nitrogen and oxygen atoms in total. The summed E-state index contributed by atoms with van der Waals surface area (Å²) >= 11 is 5.94. The maximum absolute atomic E-state index is 13.2. The molecule has 8 heteroatoms. The first-order valence-corrected chi connectivity index (χ1v) is 11.0. The lowest BCUT2D eigenvalue weighted by Gasteiger charge is -2.30. The van der Waals surface area contributed by atoms with Crippen LogP contribution in [0.25, 0.3) is 0 Å². The molecule has 0 atom stereocenters. The number of carbonyl (C=O) groups excluding carboxylic acids is 1. The fourth-order valence-corrected chi connectivity index (χ4v) is 5.07. The molecule has 2 aromatic rings. The Morgan fingerprint density at radius 2 is 1.86 bits per heavy atom. The molecule has 0 unspecified atom stereocenters. The van der Waals surface area contributed by atoms with Gasteiger partial charge in [0.1, 0.15) is 5.82 Å². The van der Waals surface area contributed by atoms with Crippen molar-refractivity contribution in [2.75, 3.05) is 12.4 Å². The Balaban J connectivity index is 1.81. The van der Waals surface area contributed by atoms with Crippen molar-refractivity contribution in [1.82, 2.24) is 4.31 Å². The van der Waals surface area contributed by atoms with Crippen molar-refractivity contribution in [1.29, 1.82) is 0 Å². The zero-order chi connectivity index (χ0) is 20.3. The Morgan fingerprint density at radius 3 is 2.54 bits per heavy atom. The van der Waals surface area contributed by atoms with Crippen LogP contribution in [0.3, 0.4) is 0 Å². The highest BCUT2D eigenvalue weighted by Crippen LogP contribution is 2.27. The molecule has 1 amide bonds. The fraction of sp³-hybridized carbons (Fsp3) is 0.350. The van der Waals surface area contributed by atoms with E-state index in [4.69, 9.17) is 11.6 Å². The van der Waals surface area contributed by atoms with Gasteiger partial charge < -0.3 is 5.32 Å². The fourth-order valence-electron chi connectivity index (χ4n) is 3.39. The normalized spacial score (nSPS) is 15.6. The summed E-state index contributed by atoms with van der Waals surface area (Å²) in [5.41, 5.74) is 0.430. The van der Waals surface area contributed by atoms with E-state index < -0.39 is 21.7 Å². The first-order valence-electron chi connectivity index (χ1n) is 9.13. The molecule has 1 N–H and O–H groups in total. The lowest BCUT2D eigenvalue weighted by Crippen LogP contribution is -2.38. The predicted octanol–water partition coefficient (Wildman–Crippen LogP) is 4.68. The second kappa shape index (κ2) is 8.59. The second-order valence-corrected chi connectivity index (χ2v) is 9.32. The Hall–Kier alpha value is -1.96. The molecule has 0 radical (unpaired) electrons. The molecule has 3 rings (SSSR count). The number of hydrogen-bond acceptors (Lipinski definition) is 3. The Kier molecular flexibility index (Phi) is 6.37. The van der Waals surface area contributed by atoms with Crippen LogP contribution >= 0.6 is 11.6 Å². The van der Waals surface area contributed by atoms with Gasteiger partial charge in [0.05, 0.1) is 15.6 Å². The number of benzene rings is 2. The molecular formula is C20H22ClFN2O3S. The van der Waals surface area contributed by atoms with E-state index in [9.17, 15) is 17.6 Å². The van der Waals surface area contributed by atoms with Crippen molar-refractivity contribution in [3.8, 4) is 0 Å². The standard InChI is InChI=1S/C20H22ClFN2O3S/c1-24(16-7-3-2-4-8-16)28(26,27)17-9-5-6-14(12-17)20(25)23-19-11-10-15(22)13-18(19)21/h5-6,9-13,16H,2-4,7-8H2,1H3,(H,23,25). The summed E-state index contributed by atoms with van der Waals surface area (Å²) in [6.07, 6.45) is 4.86. The first-order chi connectivity index (χ1) is 13.3. The molecule has 2 aromatic carbocycles. The number of nitrogens with one attached hydrogen (secondary N) is 1.